The molecule has 21 heavy (non-hydrogen) atoms. The number of nitrogens with zero attached hydrogens (tertiary/aromatic N) is 2. The van der Waals surface area contributed by atoms with Gasteiger partial charge in [0.05, 0.1) is 11.9 Å². The molecule has 2 rings (SSSR count). The zero-order valence-electron chi connectivity index (χ0n) is 12.4. The summed E-state index contributed by atoms with van der Waals surface area (Å²) in [4.78, 5) is 29.2. The molecular formula is C15H21N3O3. The van der Waals surface area contributed by atoms with Gasteiger partial charge >= 0.3 is 12.0 Å². The lowest BCUT2D eigenvalue weighted by atomic mass is 9.89. The van der Waals surface area contributed by atoms with E-state index in [2.05, 4.69) is 17.2 Å². The van der Waals surface area contributed by atoms with E-state index < -0.39 is 12.0 Å². The van der Waals surface area contributed by atoms with Gasteiger partial charge in [-0.05, 0) is 37.8 Å². The van der Waals surface area contributed by atoms with Gasteiger partial charge in [-0.15, -0.1) is 0 Å². The zero-order chi connectivity index (χ0) is 15.4. The largest absolute Gasteiger partial charge is 0.480 e. The molecule has 114 valence electrons. The number of amides is 2. The highest BCUT2D eigenvalue weighted by molar-refractivity contribution is 5.92. The van der Waals surface area contributed by atoms with Gasteiger partial charge in [-0.2, -0.15) is 0 Å². The summed E-state index contributed by atoms with van der Waals surface area (Å²) in [5, 5.41) is 12.1. The maximum Gasteiger partial charge on any atom is 0.326 e. The van der Waals surface area contributed by atoms with Gasteiger partial charge in [0, 0.05) is 12.2 Å². The molecule has 6 heteroatoms. The van der Waals surface area contributed by atoms with E-state index in [1.54, 1.807) is 18.3 Å². The Morgan fingerprint density at radius 1 is 1.48 bits per heavy atom. The molecule has 0 spiro atoms. The molecule has 0 bridgehead atoms. The molecule has 1 aromatic rings. The fraction of sp³-hybridized carbons (Fsp3) is 0.533. The zero-order valence-corrected chi connectivity index (χ0v) is 12.4. The fourth-order valence-electron chi connectivity index (χ4n) is 2.62. The van der Waals surface area contributed by atoms with Crippen LogP contribution in [0, 0.1) is 12.8 Å². The number of nitrogens with one attached hydrogen (secondary N) is 1. The van der Waals surface area contributed by atoms with Crippen molar-refractivity contribution in [2.24, 2.45) is 5.92 Å². The van der Waals surface area contributed by atoms with Crippen molar-refractivity contribution in [3.63, 3.8) is 0 Å². The third kappa shape index (κ3) is 3.71. The molecule has 2 atom stereocenters. The van der Waals surface area contributed by atoms with Crippen LogP contribution in [0.15, 0.2) is 18.3 Å². The number of aliphatic carboxylic acids is 1. The second kappa shape index (κ2) is 6.56. The number of anilines is 1. The number of likely N-dealkylation sites (tertiary alicyclic amines) is 1. The van der Waals surface area contributed by atoms with Crippen LogP contribution < -0.4 is 5.32 Å². The summed E-state index contributed by atoms with van der Waals surface area (Å²) in [7, 11) is 0. The molecule has 1 fully saturated rings. The van der Waals surface area contributed by atoms with E-state index in [9.17, 15) is 14.7 Å². The first-order chi connectivity index (χ1) is 10.0. The number of hydrogen-bond acceptors (Lipinski definition) is 3. The highest BCUT2D eigenvalue weighted by Gasteiger charge is 2.35. The van der Waals surface area contributed by atoms with Gasteiger partial charge < -0.3 is 15.3 Å². The quantitative estimate of drug-likeness (QED) is 0.896. The Bertz CT molecular complexity index is 515. The first-order valence-electron chi connectivity index (χ1n) is 7.24. The van der Waals surface area contributed by atoms with Gasteiger partial charge in [-0.25, -0.2) is 9.59 Å². The number of carbonyl (C=O) groups excluding carboxylic acids is 1. The Kier molecular flexibility index (Phi) is 4.77. The van der Waals surface area contributed by atoms with Gasteiger partial charge in [0.1, 0.15) is 6.04 Å². The van der Waals surface area contributed by atoms with Crippen molar-refractivity contribution in [2.75, 3.05) is 11.9 Å². The molecule has 0 aliphatic carbocycles. The van der Waals surface area contributed by atoms with Crippen LogP contribution in [0.2, 0.25) is 0 Å². The Balaban J connectivity index is 2.06. The first kappa shape index (κ1) is 15.3. The standard InChI is InChI=1S/C15H21N3O3/c1-3-11-6-7-18(13(8-11)14(19)20)15(21)17-12-5-4-10(2)16-9-12/h4-5,9,11,13H,3,6-8H2,1-2H3,(H,17,21)(H,19,20). The fourth-order valence-corrected chi connectivity index (χ4v) is 2.62. The number of carboxylic acids is 1. The van der Waals surface area contributed by atoms with Crippen LogP contribution >= 0.6 is 0 Å². The topological polar surface area (TPSA) is 82.5 Å². The molecule has 1 aliphatic heterocycles. The van der Waals surface area contributed by atoms with Crippen molar-refractivity contribution < 1.29 is 14.7 Å². The highest BCUT2D eigenvalue weighted by Crippen LogP contribution is 2.26. The summed E-state index contributed by atoms with van der Waals surface area (Å²) >= 11 is 0. The van der Waals surface area contributed by atoms with Gasteiger partial charge in [-0.1, -0.05) is 13.3 Å². The van der Waals surface area contributed by atoms with Crippen LogP contribution in [0.25, 0.3) is 0 Å². The van der Waals surface area contributed by atoms with E-state index in [-0.39, 0.29) is 6.03 Å². The van der Waals surface area contributed by atoms with Gasteiger partial charge in [0.2, 0.25) is 0 Å². The van der Waals surface area contributed by atoms with Crippen molar-refractivity contribution >= 4 is 17.7 Å². The third-order valence-corrected chi connectivity index (χ3v) is 4.00. The second-order valence-electron chi connectivity index (χ2n) is 5.46. The van der Waals surface area contributed by atoms with E-state index in [1.807, 2.05) is 6.92 Å². The van der Waals surface area contributed by atoms with Crippen molar-refractivity contribution in [2.45, 2.75) is 39.2 Å². The van der Waals surface area contributed by atoms with Gasteiger partial charge in [0.15, 0.2) is 0 Å². The number of carbonyl (C=O) groups is 2. The van der Waals surface area contributed by atoms with Crippen molar-refractivity contribution in [1.82, 2.24) is 9.88 Å². The van der Waals surface area contributed by atoms with Gasteiger partial charge in [0.25, 0.3) is 0 Å². The molecule has 2 amide bonds. The molecule has 1 aromatic heterocycles. The predicted molar refractivity (Wildman–Crippen MR) is 79.1 cm³/mol. The third-order valence-electron chi connectivity index (χ3n) is 4.00. The van der Waals surface area contributed by atoms with Crippen molar-refractivity contribution in [3.05, 3.63) is 24.0 Å². The number of pyridine rings is 1. The number of aryl methyl sites for hydroxylation is 1. The van der Waals surface area contributed by atoms with E-state index in [1.165, 1.54) is 4.90 Å². The maximum atomic E-state index is 12.3. The molecule has 2 N–H and O–H groups in total. The first-order valence-corrected chi connectivity index (χ1v) is 7.24. The number of urea groups is 1. The smallest absolute Gasteiger partial charge is 0.326 e. The molecule has 2 unspecified atom stereocenters. The minimum Gasteiger partial charge on any atom is -0.480 e. The maximum absolute atomic E-state index is 12.3. The molecule has 1 aliphatic rings. The predicted octanol–water partition coefficient (Wildman–Crippen LogP) is 2.50. The monoisotopic (exact) mass is 291 g/mol. The molecular weight excluding hydrogens is 270 g/mol. The lowest BCUT2D eigenvalue weighted by molar-refractivity contribution is -0.143. The molecule has 0 radical (unpaired) electrons. The second-order valence-corrected chi connectivity index (χ2v) is 5.46. The SMILES string of the molecule is CCC1CCN(C(=O)Nc2ccc(C)nc2)C(C(=O)O)C1. The summed E-state index contributed by atoms with van der Waals surface area (Å²) in [5.74, 6) is -0.568. The lowest BCUT2D eigenvalue weighted by Crippen LogP contribution is -2.51. The van der Waals surface area contributed by atoms with E-state index in [4.69, 9.17) is 0 Å². The molecule has 0 saturated carbocycles. The summed E-state index contributed by atoms with van der Waals surface area (Å²) in [6.45, 7) is 4.39. The van der Waals surface area contributed by atoms with Crippen LogP contribution in [0.5, 0.6) is 0 Å². The van der Waals surface area contributed by atoms with Crippen LogP contribution in [-0.2, 0) is 4.79 Å². The van der Waals surface area contributed by atoms with Crippen molar-refractivity contribution in [1.29, 1.82) is 0 Å². The molecule has 0 aromatic carbocycles. The Morgan fingerprint density at radius 3 is 2.81 bits per heavy atom. The van der Waals surface area contributed by atoms with E-state index in [0.29, 0.717) is 24.6 Å². The number of carboxylic acid groups (broad SMARTS) is 1. The average molecular weight is 291 g/mol. The summed E-state index contributed by atoms with van der Waals surface area (Å²) < 4.78 is 0. The van der Waals surface area contributed by atoms with E-state index >= 15 is 0 Å². The molecule has 6 nitrogen and oxygen atoms in total. The number of rotatable bonds is 3. The number of aromatic nitrogens is 1. The summed E-state index contributed by atoms with van der Waals surface area (Å²) in [6, 6.07) is 2.44. The summed E-state index contributed by atoms with van der Waals surface area (Å²) in [6.07, 6.45) is 3.88. The van der Waals surface area contributed by atoms with E-state index in [0.717, 1.165) is 18.5 Å². The van der Waals surface area contributed by atoms with Crippen LogP contribution in [0.3, 0.4) is 0 Å². The van der Waals surface area contributed by atoms with Crippen molar-refractivity contribution in [3.8, 4) is 0 Å². The number of piperidine rings is 1. The Morgan fingerprint density at radius 2 is 2.24 bits per heavy atom. The average Bonchev–Trinajstić information content (AvgIpc) is 2.48. The van der Waals surface area contributed by atoms with Crippen LogP contribution in [0.4, 0.5) is 10.5 Å². The Hall–Kier alpha value is -2.11. The van der Waals surface area contributed by atoms with Crippen LogP contribution in [0.1, 0.15) is 31.9 Å². The Labute approximate surface area is 124 Å². The normalized spacial score (nSPS) is 21.9. The molecule has 1 saturated heterocycles. The van der Waals surface area contributed by atoms with Gasteiger partial charge in [-0.3, -0.25) is 4.98 Å². The van der Waals surface area contributed by atoms with Crippen LogP contribution in [-0.4, -0.2) is 39.6 Å². The minimum atomic E-state index is -0.940. The highest BCUT2D eigenvalue weighted by atomic mass is 16.4. The minimum absolute atomic E-state index is 0.371. The number of hydrogen-bond donors (Lipinski definition) is 2. The summed E-state index contributed by atoms with van der Waals surface area (Å²) in [5.41, 5.74) is 1.44. The molecule has 2 heterocycles. The lowest BCUT2D eigenvalue weighted by Gasteiger charge is -2.36.